The molecule has 0 atom stereocenters. The number of amidine groups is 1. The largest absolute Gasteiger partial charge is 0.384 e. The topological polar surface area (TPSA) is 95.6 Å². The average Bonchev–Trinajstić information content (AvgIpc) is 2.30. The van der Waals surface area contributed by atoms with Gasteiger partial charge in [-0.25, -0.2) is 5.10 Å². The third kappa shape index (κ3) is 2.23. The lowest BCUT2D eigenvalue weighted by Crippen LogP contribution is -2.24. The lowest BCUT2D eigenvalue weighted by atomic mass is 10.1. The second kappa shape index (κ2) is 4.21. The van der Waals surface area contributed by atoms with E-state index in [-0.39, 0.29) is 11.4 Å². The van der Waals surface area contributed by atoms with E-state index >= 15 is 0 Å². The maximum atomic E-state index is 11.4. The number of rotatable bonds is 2. The minimum absolute atomic E-state index is 0.135. The van der Waals surface area contributed by atoms with Crippen molar-refractivity contribution in [3.63, 3.8) is 0 Å². The number of H-pyrrole nitrogens is 1. The van der Waals surface area contributed by atoms with Gasteiger partial charge in [0.15, 0.2) is 0 Å². The molecule has 0 aliphatic rings. The van der Waals surface area contributed by atoms with Crippen molar-refractivity contribution in [2.24, 2.45) is 5.73 Å². The SMILES string of the molecule is Cc1ccc(-c2cc(C(=N)N)c(=O)[nH]n2)cc1. The fourth-order valence-electron chi connectivity index (χ4n) is 1.48. The van der Waals surface area contributed by atoms with E-state index in [1.165, 1.54) is 6.07 Å². The van der Waals surface area contributed by atoms with E-state index in [4.69, 9.17) is 11.1 Å². The third-order valence-corrected chi connectivity index (χ3v) is 2.44. The number of nitrogens with zero attached hydrogens (tertiary/aromatic N) is 1. The first kappa shape index (κ1) is 11.1. The number of hydrogen-bond acceptors (Lipinski definition) is 3. The summed E-state index contributed by atoms with van der Waals surface area (Å²) in [6.45, 7) is 1.99. The van der Waals surface area contributed by atoms with Crippen LogP contribution in [0.1, 0.15) is 11.1 Å². The fraction of sp³-hybridized carbons (Fsp3) is 0.0833. The molecule has 0 amide bonds. The van der Waals surface area contributed by atoms with E-state index in [0.717, 1.165) is 11.1 Å². The van der Waals surface area contributed by atoms with Crippen LogP contribution in [0.2, 0.25) is 0 Å². The summed E-state index contributed by atoms with van der Waals surface area (Å²) in [5, 5.41) is 13.6. The minimum Gasteiger partial charge on any atom is -0.384 e. The van der Waals surface area contributed by atoms with Gasteiger partial charge in [-0.1, -0.05) is 29.8 Å². The van der Waals surface area contributed by atoms with Crippen molar-refractivity contribution in [1.29, 1.82) is 5.41 Å². The van der Waals surface area contributed by atoms with Crippen LogP contribution >= 0.6 is 0 Å². The first-order chi connectivity index (χ1) is 8.08. The normalized spacial score (nSPS) is 10.2. The summed E-state index contributed by atoms with van der Waals surface area (Å²) in [4.78, 5) is 11.4. The Morgan fingerprint density at radius 1 is 1.35 bits per heavy atom. The lowest BCUT2D eigenvalue weighted by molar-refractivity contribution is 0.988. The van der Waals surface area contributed by atoms with Crippen molar-refractivity contribution in [1.82, 2.24) is 10.2 Å². The molecule has 0 fully saturated rings. The van der Waals surface area contributed by atoms with Crippen molar-refractivity contribution < 1.29 is 0 Å². The van der Waals surface area contributed by atoms with Crippen LogP contribution in [0.4, 0.5) is 0 Å². The summed E-state index contributed by atoms with van der Waals surface area (Å²) in [6.07, 6.45) is 0. The quantitative estimate of drug-likeness (QED) is 0.529. The average molecular weight is 228 g/mol. The first-order valence-electron chi connectivity index (χ1n) is 5.09. The van der Waals surface area contributed by atoms with Gasteiger partial charge >= 0.3 is 0 Å². The number of aryl methyl sites for hydroxylation is 1. The Kier molecular flexibility index (Phi) is 2.74. The van der Waals surface area contributed by atoms with Gasteiger partial charge < -0.3 is 5.73 Å². The van der Waals surface area contributed by atoms with Gasteiger partial charge in [-0.3, -0.25) is 10.2 Å². The Labute approximate surface area is 97.8 Å². The Hall–Kier alpha value is -2.43. The summed E-state index contributed by atoms with van der Waals surface area (Å²) < 4.78 is 0. The number of benzene rings is 1. The lowest BCUT2D eigenvalue weighted by Gasteiger charge is -2.03. The van der Waals surface area contributed by atoms with Crippen LogP contribution < -0.4 is 11.3 Å². The van der Waals surface area contributed by atoms with Crippen LogP contribution in [0.5, 0.6) is 0 Å². The van der Waals surface area contributed by atoms with Gasteiger partial charge in [-0.05, 0) is 13.0 Å². The van der Waals surface area contributed by atoms with E-state index < -0.39 is 5.56 Å². The molecule has 0 radical (unpaired) electrons. The van der Waals surface area contributed by atoms with Crippen LogP contribution in [-0.4, -0.2) is 16.0 Å². The molecule has 0 saturated heterocycles. The van der Waals surface area contributed by atoms with Crippen molar-refractivity contribution in [3.05, 3.63) is 51.8 Å². The number of aromatic nitrogens is 2. The summed E-state index contributed by atoms with van der Waals surface area (Å²) in [6, 6.07) is 9.23. The van der Waals surface area contributed by atoms with Crippen LogP contribution in [-0.2, 0) is 0 Å². The highest BCUT2D eigenvalue weighted by atomic mass is 16.1. The van der Waals surface area contributed by atoms with Crippen LogP contribution in [0.15, 0.2) is 35.1 Å². The maximum Gasteiger partial charge on any atom is 0.275 e. The zero-order valence-electron chi connectivity index (χ0n) is 9.32. The molecule has 0 unspecified atom stereocenters. The monoisotopic (exact) mass is 228 g/mol. The second-order valence-electron chi connectivity index (χ2n) is 3.78. The van der Waals surface area contributed by atoms with Crippen LogP contribution in [0, 0.1) is 12.3 Å². The molecule has 0 saturated carbocycles. The Morgan fingerprint density at radius 2 is 2.00 bits per heavy atom. The third-order valence-electron chi connectivity index (χ3n) is 2.44. The molecule has 2 aromatic rings. The summed E-state index contributed by atoms with van der Waals surface area (Å²) in [5.74, 6) is -0.262. The highest BCUT2D eigenvalue weighted by molar-refractivity contribution is 5.95. The molecule has 86 valence electrons. The number of aromatic amines is 1. The highest BCUT2D eigenvalue weighted by Crippen LogP contribution is 2.16. The van der Waals surface area contributed by atoms with Gasteiger partial charge in [0.05, 0.1) is 11.3 Å². The Morgan fingerprint density at radius 3 is 2.59 bits per heavy atom. The fourth-order valence-corrected chi connectivity index (χ4v) is 1.48. The predicted octanol–water partition coefficient (Wildman–Crippen LogP) is 1.03. The van der Waals surface area contributed by atoms with Crippen molar-refractivity contribution >= 4 is 5.84 Å². The van der Waals surface area contributed by atoms with E-state index in [9.17, 15) is 4.79 Å². The molecule has 17 heavy (non-hydrogen) atoms. The predicted molar refractivity (Wildman–Crippen MR) is 66.0 cm³/mol. The summed E-state index contributed by atoms with van der Waals surface area (Å²) in [7, 11) is 0. The van der Waals surface area contributed by atoms with E-state index in [1.54, 1.807) is 0 Å². The number of nitrogen functional groups attached to an aromatic ring is 1. The first-order valence-corrected chi connectivity index (χ1v) is 5.09. The molecule has 5 nitrogen and oxygen atoms in total. The van der Waals surface area contributed by atoms with Crippen molar-refractivity contribution in [2.45, 2.75) is 6.92 Å². The van der Waals surface area contributed by atoms with Gasteiger partial charge in [0.2, 0.25) is 0 Å². The van der Waals surface area contributed by atoms with E-state index in [0.29, 0.717) is 5.69 Å². The van der Waals surface area contributed by atoms with E-state index in [2.05, 4.69) is 10.2 Å². The molecule has 0 aliphatic heterocycles. The van der Waals surface area contributed by atoms with Gasteiger partial charge in [0.1, 0.15) is 5.84 Å². The molecular weight excluding hydrogens is 216 g/mol. The van der Waals surface area contributed by atoms with Gasteiger partial charge in [0.25, 0.3) is 5.56 Å². The summed E-state index contributed by atoms with van der Waals surface area (Å²) in [5.41, 5.74) is 7.61. The smallest absolute Gasteiger partial charge is 0.275 e. The number of nitrogens with two attached hydrogens (primary N) is 1. The molecule has 1 heterocycles. The zero-order valence-corrected chi connectivity index (χ0v) is 9.32. The molecular formula is C12H12N4O. The van der Waals surface area contributed by atoms with Crippen LogP contribution in [0.25, 0.3) is 11.3 Å². The van der Waals surface area contributed by atoms with Gasteiger partial charge in [0, 0.05) is 5.56 Å². The molecule has 1 aromatic heterocycles. The molecule has 0 aliphatic carbocycles. The molecule has 4 N–H and O–H groups in total. The Bertz CT molecular complexity index is 613. The van der Waals surface area contributed by atoms with Crippen LogP contribution in [0.3, 0.4) is 0 Å². The molecule has 2 rings (SSSR count). The summed E-state index contributed by atoms with van der Waals surface area (Å²) >= 11 is 0. The maximum absolute atomic E-state index is 11.4. The number of hydrogen-bond donors (Lipinski definition) is 3. The second-order valence-corrected chi connectivity index (χ2v) is 3.78. The van der Waals surface area contributed by atoms with Gasteiger partial charge in [-0.2, -0.15) is 5.10 Å². The van der Waals surface area contributed by atoms with E-state index in [1.807, 2.05) is 31.2 Å². The number of nitrogens with one attached hydrogen (secondary N) is 2. The van der Waals surface area contributed by atoms with Gasteiger partial charge in [-0.15, -0.1) is 0 Å². The molecule has 1 aromatic carbocycles. The Balaban J connectivity index is 2.53. The zero-order chi connectivity index (χ0) is 12.4. The highest BCUT2D eigenvalue weighted by Gasteiger charge is 2.07. The molecule has 0 bridgehead atoms. The van der Waals surface area contributed by atoms with Crippen molar-refractivity contribution in [2.75, 3.05) is 0 Å². The molecule has 5 heteroatoms. The standard InChI is InChI=1S/C12H12N4O/c1-7-2-4-8(5-3-7)10-6-9(11(13)14)12(17)16-15-10/h2-6H,1H3,(H3,13,14)(H,16,17). The molecule has 0 spiro atoms. The minimum atomic E-state index is -0.451. The van der Waals surface area contributed by atoms with Crippen molar-refractivity contribution in [3.8, 4) is 11.3 Å².